The molecule has 67 heavy (non-hydrogen) atoms. The molecule has 0 bridgehead atoms. The van der Waals surface area contributed by atoms with E-state index >= 15 is 0 Å². The molecule has 380 valence electrons. The first-order valence-corrected chi connectivity index (χ1v) is 22.4. The number of aromatic hydroxyl groups is 1. The summed E-state index contributed by atoms with van der Waals surface area (Å²) < 4.78 is 93.0. The van der Waals surface area contributed by atoms with Gasteiger partial charge in [0.15, 0.2) is 17.1 Å². The lowest BCUT2D eigenvalue weighted by Gasteiger charge is -2.22. The second-order valence-electron chi connectivity index (χ2n) is 14.5. The second kappa shape index (κ2) is 35.8. The van der Waals surface area contributed by atoms with Crippen LogP contribution in [0.2, 0.25) is 0 Å². The van der Waals surface area contributed by atoms with Crippen LogP contribution < -0.4 is 5.63 Å². The molecule has 0 spiro atoms. The number of amides is 3. The van der Waals surface area contributed by atoms with Crippen molar-refractivity contribution < 1.29 is 94.4 Å². The molecular formula is C44H66F2N2O19. The number of unbranched alkanes of at least 4 members (excludes halogenated alkanes) is 2. The number of rotatable bonds is 42. The molecule has 3 amide bonds. The molecular weight excluding hydrogens is 898 g/mol. The van der Waals surface area contributed by atoms with Crippen LogP contribution >= 0.6 is 0 Å². The van der Waals surface area contributed by atoms with Gasteiger partial charge in [-0.25, -0.2) is 14.0 Å². The molecule has 3 rings (SSSR count). The lowest BCUT2D eigenvalue weighted by Crippen LogP contribution is -2.36. The number of methoxy groups -OCH3 is 1. The molecule has 2 heterocycles. The minimum Gasteiger partial charge on any atom is -0.503 e. The number of fused-ring (bicyclic) bond motifs is 1. The zero-order valence-corrected chi connectivity index (χ0v) is 38.3. The van der Waals surface area contributed by atoms with Gasteiger partial charge in [-0.05, 0) is 31.4 Å². The Hall–Kier alpha value is -4.27. The molecule has 0 atom stereocenters. The molecule has 0 unspecified atom stereocenters. The highest BCUT2D eigenvalue weighted by Crippen LogP contribution is 2.28. The predicted molar refractivity (Wildman–Crippen MR) is 230 cm³/mol. The summed E-state index contributed by atoms with van der Waals surface area (Å²) in [5.74, 6) is -6.76. The lowest BCUT2D eigenvalue weighted by atomic mass is 10.1. The predicted octanol–water partition coefficient (Wildman–Crippen LogP) is 2.59. The van der Waals surface area contributed by atoms with Gasteiger partial charge >= 0.3 is 11.6 Å². The van der Waals surface area contributed by atoms with Gasteiger partial charge < -0.3 is 71.4 Å². The first kappa shape index (κ1) is 57.1. The Bertz CT molecular complexity index is 1770. The highest BCUT2D eigenvalue weighted by atomic mass is 19.1. The summed E-state index contributed by atoms with van der Waals surface area (Å²) in [7, 11) is 1.63. The maximum atomic E-state index is 14.4. The van der Waals surface area contributed by atoms with Gasteiger partial charge in [-0.3, -0.25) is 14.4 Å². The Labute approximate surface area is 387 Å². The Kier molecular flexibility index (Phi) is 30.5. The van der Waals surface area contributed by atoms with Crippen LogP contribution in [0.3, 0.4) is 0 Å². The van der Waals surface area contributed by atoms with Gasteiger partial charge in [0.2, 0.25) is 5.82 Å². The largest absolute Gasteiger partial charge is 0.503 e. The summed E-state index contributed by atoms with van der Waals surface area (Å²) in [6, 6.07) is 1.75. The zero-order valence-electron chi connectivity index (χ0n) is 38.3. The topological polar surface area (TPSA) is 236 Å². The molecule has 1 N–H and O–H groups in total. The van der Waals surface area contributed by atoms with Crippen LogP contribution in [0.1, 0.15) is 55.3 Å². The number of hydrogen-bond acceptors (Lipinski definition) is 19. The minimum absolute atomic E-state index is 0.0233. The van der Waals surface area contributed by atoms with Gasteiger partial charge in [-0.15, -0.1) is 5.06 Å². The Morgan fingerprint density at radius 2 is 1.01 bits per heavy atom. The van der Waals surface area contributed by atoms with Crippen molar-refractivity contribution in [3.8, 4) is 5.75 Å². The quantitative estimate of drug-likeness (QED) is 0.0572. The SMILES string of the molecule is COCCOCCOCCOCCOCCOCCOCCOCCOCCOCCOCCCN(CCCCCC(=O)ON1C(=O)CCC1=O)C(=O)c1cc2cc(F)c(O)c(F)c2oc1=O. The van der Waals surface area contributed by atoms with E-state index in [1.165, 1.54) is 4.90 Å². The van der Waals surface area contributed by atoms with Crippen molar-refractivity contribution in [1.82, 2.24) is 9.96 Å². The van der Waals surface area contributed by atoms with Crippen molar-refractivity contribution in [2.45, 2.75) is 44.9 Å². The van der Waals surface area contributed by atoms with Crippen molar-refractivity contribution >= 4 is 34.7 Å². The number of benzene rings is 1. The first-order chi connectivity index (χ1) is 32.6. The lowest BCUT2D eigenvalue weighted by molar-refractivity contribution is -0.197. The maximum Gasteiger partial charge on any atom is 0.349 e. The molecule has 1 aliphatic rings. The van der Waals surface area contributed by atoms with Crippen molar-refractivity contribution in [3.63, 3.8) is 0 Å². The van der Waals surface area contributed by atoms with Crippen LogP contribution in [0, 0.1) is 11.6 Å². The van der Waals surface area contributed by atoms with E-state index in [2.05, 4.69) is 0 Å². The Balaban J connectivity index is 1.17. The number of hydroxylamine groups is 2. The third kappa shape index (κ3) is 24.0. The summed E-state index contributed by atoms with van der Waals surface area (Å²) >= 11 is 0. The number of carbonyl (C=O) groups is 4. The number of phenolic OH excluding ortho intramolecular Hbond substituents is 1. The number of imide groups is 1. The molecule has 1 aliphatic heterocycles. The first-order valence-electron chi connectivity index (χ1n) is 22.4. The fourth-order valence-electron chi connectivity index (χ4n) is 5.95. The number of phenols is 1. The van der Waals surface area contributed by atoms with E-state index in [1.54, 1.807) is 7.11 Å². The van der Waals surface area contributed by atoms with Crippen molar-refractivity contribution in [1.29, 1.82) is 0 Å². The van der Waals surface area contributed by atoms with E-state index in [0.717, 1.165) is 12.1 Å². The fourth-order valence-corrected chi connectivity index (χ4v) is 5.95. The third-order valence-corrected chi connectivity index (χ3v) is 9.41. The highest BCUT2D eigenvalue weighted by molar-refractivity contribution is 6.01. The number of ether oxygens (including phenoxy) is 11. The van der Waals surface area contributed by atoms with Crippen LogP contribution in [0.5, 0.6) is 5.75 Å². The second-order valence-corrected chi connectivity index (χ2v) is 14.5. The summed E-state index contributed by atoms with van der Waals surface area (Å²) in [4.78, 5) is 68.1. The molecule has 2 aromatic rings. The van der Waals surface area contributed by atoms with Crippen LogP contribution in [-0.4, -0.2) is 198 Å². The Morgan fingerprint density at radius 3 is 1.46 bits per heavy atom. The summed E-state index contributed by atoms with van der Waals surface area (Å²) in [6.07, 6.45) is 1.35. The highest BCUT2D eigenvalue weighted by Gasteiger charge is 2.32. The van der Waals surface area contributed by atoms with Gasteiger partial charge in [0.1, 0.15) is 5.56 Å². The normalized spacial score (nSPS) is 12.8. The zero-order chi connectivity index (χ0) is 48.3. The van der Waals surface area contributed by atoms with E-state index < -0.39 is 57.8 Å². The molecule has 0 saturated carbocycles. The molecule has 1 aromatic carbocycles. The van der Waals surface area contributed by atoms with Crippen LogP contribution in [0.15, 0.2) is 21.3 Å². The van der Waals surface area contributed by atoms with Crippen molar-refractivity contribution in [3.05, 3.63) is 39.8 Å². The molecule has 0 aliphatic carbocycles. The van der Waals surface area contributed by atoms with Gasteiger partial charge in [0, 0.05) is 51.5 Å². The fraction of sp³-hybridized carbons (Fsp3) is 0.705. The van der Waals surface area contributed by atoms with Crippen molar-refractivity contribution in [2.75, 3.05) is 159 Å². The Morgan fingerprint density at radius 1 is 0.597 bits per heavy atom. The molecule has 1 fully saturated rings. The van der Waals surface area contributed by atoms with E-state index in [-0.39, 0.29) is 51.0 Å². The minimum atomic E-state index is -1.47. The van der Waals surface area contributed by atoms with Crippen LogP contribution in [0.4, 0.5) is 8.78 Å². The molecule has 1 saturated heterocycles. The summed E-state index contributed by atoms with van der Waals surface area (Å²) in [5.41, 5.74) is -2.35. The smallest absolute Gasteiger partial charge is 0.349 e. The molecule has 0 radical (unpaired) electrons. The summed E-state index contributed by atoms with van der Waals surface area (Å²) in [5, 5.41) is 9.81. The number of nitrogens with zero attached hydrogens (tertiary/aromatic N) is 2. The average Bonchev–Trinajstić information content (AvgIpc) is 3.63. The van der Waals surface area contributed by atoms with E-state index in [1.807, 2.05) is 0 Å². The molecule has 1 aromatic heterocycles. The third-order valence-electron chi connectivity index (χ3n) is 9.41. The van der Waals surface area contributed by atoms with Gasteiger partial charge in [0.05, 0.1) is 132 Å². The van der Waals surface area contributed by atoms with Crippen molar-refractivity contribution in [2.24, 2.45) is 0 Å². The van der Waals surface area contributed by atoms with Crippen LogP contribution in [-0.2, 0) is 71.3 Å². The maximum absolute atomic E-state index is 14.4. The standard InChI is InChI=1S/C44H66F2N2O19/c1-55-12-13-57-16-17-59-20-21-61-24-25-63-28-29-65-31-30-64-27-26-62-23-22-60-19-18-58-15-14-56-11-5-10-47(9-4-2-3-6-39(51)67-48-37(49)7-8-38(48)50)43(53)35-32-34-33-36(45)41(52)40(46)42(34)66-44(35)54/h32-33,52H,2-31H2,1H3. The van der Waals surface area contributed by atoms with Gasteiger partial charge in [-0.1, -0.05) is 6.42 Å². The van der Waals surface area contributed by atoms with E-state index in [4.69, 9.17) is 61.4 Å². The monoisotopic (exact) mass is 964 g/mol. The molecule has 23 heteroatoms. The summed E-state index contributed by atoms with van der Waals surface area (Å²) in [6.45, 7) is 9.27. The number of halogens is 2. The molecule has 21 nitrogen and oxygen atoms in total. The van der Waals surface area contributed by atoms with Gasteiger partial charge in [-0.2, -0.15) is 4.39 Å². The average molecular weight is 965 g/mol. The van der Waals surface area contributed by atoms with E-state index in [9.17, 15) is 37.9 Å². The van der Waals surface area contributed by atoms with Crippen LogP contribution in [0.25, 0.3) is 11.0 Å². The van der Waals surface area contributed by atoms with Gasteiger partial charge in [0.25, 0.3) is 17.7 Å². The number of hydrogen-bond donors (Lipinski definition) is 1. The number of carbonyl (C=O) groups excluding carboxylic acids is 4. The van der Waals surface area contributed by atoms with E-state index in [0.29, 0.717) is 156 Å².